The van der Waals surface area contributed by atoms with Crippen LogP contribution in [-0.4, -0.2) is 29.6 Å². The minimum atomic E-state index is -0.242. The Morgan fingerprint density at radius 1 is 1.38 bits per heavy atom. The van der Waals surface area contributed by atoms with Gasteiger partial charge in [-0.2, -0.15) is 11.8 Å². The van der Waals surface area contributed by atoms with Gasteiger partial charge in [0, 0.05) is 17.9 Å². The van der Waals surface area contributed by atoms with Gasteiger partial charge >= 0.3 is 0 Å². The lowest BCUT2D eigenvalue weighted by Gasteiger charge is -2.07. The molecule has 0 spiro atoms. The zero-order valence-corrected chi connectivity index (χ0v) is 13.9. The molecule has 0 atom stereocenters. The number of aromatic nitrogens is 1. The summed E-state index contributed by atoms with van der Waals surface area (Å²) in [6, 6.07) is 5.13. The molecule has 112 valence electrons. The molecule has 0 fully saturated rings. The summed E-state index contributed by atoms with van der Waals surface area (Å²) in [4.78, 5) is 12.3. The van der Waals surface area contributed by atoms with Crippen molar-refractivity contribution in [1.82, 2.24) is 10.5 Å². The SMILES string of the molecule is CSCCNC(=O)c1c(-c2c(Cl)cccc2Cl)noc1C. The van der Waals surface area contributed by atoms with E-state index in [9.17, 15) is 4.79 Å². The van der Waals surface area contributed by atoms with Crippen LogP contribution in [-0.2, 0) is 0 Å². The van der Waals surface area contributed by atoms with Gasteiger partial charge in [-0.15, -0.1) is 0 Å². The second kappa shape index (κ2) is 7.20. The van der Waals surface area contributed by atoms with Gasteiger partial charge in [0.05, 0.1) is 10.0 Å². The van der Waals surface area contributed by atoms with Gasteiger partial charge < -0.3 is 9.84 Å². The van der Waals surface area contributed by atoms with Gasteiger partial charge in [0.1, 0.15) is 17.0 Å². The van der Waals surface area contributed by atoms with Crippen LogP contribution in [0, 0.1) is 6.92 Å². The van der Waals surface area contributed by atoms with Gasteiger partial charge in [-0.1, -0.05) is 34.4 Å². The number of nitrogens with zero attached hydrogens (tertiary/aromatic N) is 1. The summed E-state index contributed by atoms with van der Waals surface area (Å²) in [5.41, 5.74) is 1.24. The van der Waals surface area contributed by atoms with E-state index in [0.717, 1.165) is 5.75 Å². The summed E-state index contributed by atoms with van der Waals surface area (Å²) in [5, 5.41) is 7.63. The minimum absolute atomic E-state index is 0.242. The molecular weight excluding hydrogens is 331 g/mol. The Morgan fingerprint density at radius 3 is 2.67 bits per heavy atom. The molecule has 1 aromatic heterocycles. The predicted octanol–water partition coefficient (Wildman–Crippen LogP) is 4.05. The Kier molecular flexibility index (Phi) is 5.56. The average molecular weight is 345 g/mol. The monoisotopic (exact) mass is 344 g/mol. The quantitative estimate of drug-likeness (QED) is 0.831. The Labute approximate surface area is 137 Å². The van der Waals surface area contributed by atoms with E-state index in [0.29, 0.717) is 39.2 Å². The van der Waals surface area contributed by atoms with Crippen molar-refractivity contribution in [2.45, 2.75) is 6.92 Å². The fourth-order valence-electron chi connectivity index (χ4n) is 1.89. The summed E-state index contributed by atoms with van der Waals surface area (Å²) in [6.45, 7) is 2.26. The minimum Gasteiger partial charge on any atom is -0.360 e. The molecule has 0 unspecified atom stereocenters. The van der Waals surface area contributed by atoms with Gasteiger partial charge in [-0.25, -0.2) is 0 Å². The molecule has 0 saturated carbocycles. The Hall–Kier alpha value is -1.17. The number of hydrogen-bond acceptors (Lipinski definition) is 4. The third-order valence-corrected chi connectivity index (χ3v) is 4.12. The van der Waals surface area contributed by atoms with Crippen LogP contribution in [0.2, 0.25) is 10.0 Å². The lowest BCUT2D eigenvalue weighted by atomic mass is 10.1. The number of nitrogens with one attached hydrogen (secondary N) is 1. The van der Waals surface area contributed by atoms with Gasteiger partial charge in [-0.05, 0) is 25.3 Å². The topological polar surface area (TPSA) is 55.1 Å². The van der Waals surface area contributed by atoms with Gasteiger partial charge in [-0.3, -0.25) is 4.79 Å². The maximum Gasteiger partial charge on any atom is 0.257 e. The number of carbonyl (C=O) groups excluding carboxylic acids is 1. The molecule has 0 bridgehead atoms. The molecular formula is C14H14Cl2N2O2S. The van der Waals surface area contributed by atoms with Crippen molar-refractivity contribution in [3.05, 3.63) is 39.6 Å². The fraction of sp³-hybridized carbons (Fsp3) is 0.286. The van der Waals surface area contributed by atoms with Crippen molar-refractivity contribution in [3.63, 3.8) is 0 Å². The molecule has 1 heterocycles. The van der Waals surface area contributed by atoms with Crippen molar-refractivity contribution < 1.29 is 9.32 Å². The van der Waals surface area contributed by atoms with Crippen LogP contribution in [0.1, 0.15) is 16.1 Å². The summed E-state index contributed by atoms with van der Waals surface area (Å²) in [6.07, 6.45) is 1.98. The number of hydrogen-bond donors (Lipinski definition) is 1. The first kappa shape index (κ1) is 16.2. The largest absolute Gasteiger partial charge is 0.360 e. The highest BCUT2D eigenvalue weighted by Gasteiger charge is 2.24. The molecule has 1 amide bonds. The molecule has 21 heavy (non-hydrogen) atoms. The van der Waals surface area contributed by atoms with Crippen LogP contribution in [0.3, 0.4) is 0 Å². The highest BCUT2D eigenvalue weighted by Crippen LogP contribution is 2.36. The van der Waals surface area contributed by atoms with E-state index in [-0.39, 0.29) is 5.91 Å². The van der Waals surface area contributed by atoms with Crippen molar-refractivity contribution in [1.29, 1.82) is 0 Å². The summed E-state index contributed by atoms with van der Waals surface area (Å²) >= 11 is 14.0. The molecule has 0 radical (unpaired) electrons. The van der Waals surface area contributed by atoms with Crippen LogP contribution >= 0.6 is 35.0 Å². The number of rotatable bonds is 5. The van der Waals surface area contributed by atoms with Crippen molar-refractivity contribution in [2.75, 3.05) is 18.6 Å². The van der Waals surface area contributed by atoms with Gasteiger partial charge in [0.15, 0.2) is 0 Å². The Balaban J connectivity index is 2.41. The number of amides is 1. The zero-order valence-electron chi connectivity index (χ0n) is 11.6. The highest BCUT2D eigenvalue weighted by molar-refractivity contribution is 7.98. The molecule has 0 saturated heterocycles. The lowest BCUT2D eigenvalue weighted by molar-refractivity contribution is 0.0955. The van der Waals surface area contributed by atoms with Crippen molar-refractivity contribution >= 4 is 40.9 Å². The maximum absolute atomic E-state index is 12.3. The van der Waals surface area contributed by atoms with E-state index in [1.54, 1.807) is 36.9 Å². The third-order valence-electron chi connectivity index (χ3n) is 2.88. The number of carbonyl (C=O) groups is 1. The highest BCUT2D eigenvalue weighted by atomic mass is 35.5. The van der Waals surface area contributed by atoms with Crippen LogP contribution in [0.15, 0.2) is 22.7 Å². The van der Waals surface area contributed by atoms with Crippen LogP contribution in [0.4, 0.5) is 0 Å². The smallest absolute Gasteiger partial charge is 0.257 e. The van der Waals surface area contributed by atoms with Gasteiger partial charge in [0.25, 0.3) is 5.91 Å². The van der Waals surface area contributed by atoms with Crippen LogP contribution < -0.4 is 5.32 Å². The molecule has 7 heteroatoms. The average Bonchev–Trinajstić information content (AvgIpc) is 2.80. The third kappa shape index (κ3) is 3.54. The first-order valence-corrected chi connectivity index (χ1v) is 8.39. The van der Waals surface area contributed by atoms with Gasteiger partial charge in [0.2, 0.25) is 0 Å². The Bertz CT molecular complexity index is 638. The number of benzene rings is 1. The molecule has 2 rings (SSSR count). The summed E-state index contributed by atoms with van der Waals surface area (Å²) < 4.78 is 5.15. The molecule has 2 aromatic rings. The second-order valence-corrected chi connectivity index (χ2v) is 6.11. The van der Waals surface area contributed by atoms with Crippen molar-refractivity contribution in [3.8, 4) is 11.3 Å². The van der Waals surface area contributed by atoms with E-state index in [4.69, 9.17) is 27.7 Å². The first-order valence-electron chi connectivity index (χ1n) is 6.24. The summed E-state index contributed by atoms with van der Waals surface area (Å²) in [5.74, 6) is 1.02. The predicted molar refractivity (Wildman–Crippen MR) is 87.4 cm³/mol. The van der Waals surface area contributed by atoms with E-state index >= 15 is 0 Å². The molecule has 0 aliphatic carbocycles. The number of halogens is 2. The molecule has 4 nitrogen and oxygen atoms in total. The normalized spacial score (nSPS) is 10.7. The number of thioether (sulfide) groups is 1. The molecule has 0 aliphatic rings. The Morgan fingerprint density at radius 2 is 2.05 bits per heavy atom. The second-order valence-electron chi connectivity index (χ2n) is 4.31. The standard InChI is InChI=1S/C14H14Cl2N2O2S/c1-8-11(14(19)17-6-7-21-2)13(18-20-8)12-9(15)4-3-5-10(12)16/h3-5H,6-7H2,1-2H3,(H,17,19). The van der Waals surface area contributed by atoms with E-state index in [1.165, 1.54) is 0 Å². The zero-order chi connectivity index (χ0) is 15.4. The van der Waals surface area contributed by atoms with E-state index < -0.39 is 0 Å². The van der Waals surface area contributed by atoms with Crippen molar-refractivity contribution in [2.24, 2.45) is 0 Å². The lowest BCUT2D eigenvalue weighted by Crippen LogP contribution is -2.26. The van der Waals surface area contributed by atoms with Crippen LogP contribution in [0.25, 0.3) is 11.3 Å². The fourth-order valence-corrected chi connectivity index (χ4v) is 2.77. The first-order chi connectivity index (χ1) is 10.1. The molecule has 1 aromatic carbocycles. The summed E-state index contributed by atoms with van der Waals surface area (Å²) in [7, 11) is 0. The van der Waals surface area contributed by atoms with E-state index in [2.05, 4.69) is 10.5 Å². The molecule has 1 N–H and O–H groups in total. The van der Waals surface area contributed by atoms with E-state index in [1.807, 2.05) is 6.26 Å². The molecule has 0 aliphatic heterocycles. The van der Waals surface area contributed by atoms with Crippen LogP contribution in [0.5, 0.6) is 0 Å². The number of aryl methyl sites for hydroxylation is 1. The maximum atomic E-state index is 12.3.